The Bertz CT molecular complexity index is 670. The monoisotopic (exact) mass is 333 g/mol. The fraction of sp³-hybridized carbons (Fsp3) is 0.0714. The third-order valence-electron chi connectivity index (χ3n) is 2.72. The summed E-state index contributed by atoms with van der Waals surface area (Å²) in [5.74, 6) is 0.837. The van der Waals surface area contributed by atoms with Gasteiger partial charge in [0.1, 0.15) is 0 Å². The number of nitrogens with one attached hydrogen (secondary N) is 1. The van der Waals surface area contributed by atoms with Gasteiger partial charge >= 0.3 is 0 Å². The maximum atomic E-state index is 5.83. The van der Waals surface area contributed by atoms with Gasteiger partial charge in [0, 0.05) is 15.9 Å². The third-order valence-corrected chi connectivity index (χ3v) is 4.13. The quantitative estimate of drug-likeness (QED) is 0.557. The molecule has 0 unspecified atom stereocenters. The molecule has 3 N–H and O–H groups in total. The summed E-state index contributed by atoms with van der Waals surface area (Å²) in [7, 11) is 0. The number of rotatable bonds is 3. The average Bonchev–Trinajstić information content (AvgIpc) is 2.78. The lowest BCUT2D eigenvalue weighted by molar-refractivity contribution is 1.08. The van der Waals surface area contributed by atoms with Crippen molar-refractivity contribution in [2.45, 2.75) is 10.9 Å². The van der Waals surface area contributed by atoms with Crippen LogP contribution in [0.5, 0.6) is 0 Å². The zero-order valence-corrected chi connectivity index (χ0v) is 12.5. The second kappa shape index (κ2) is 5.27. The molecule has 0 bridgehead atoms. The van der Waals surface area contributed by atoms with E-state index in [2.05, 4.69) is 32.0 Å². The van der Waals surface area contributed by atoms with Gasteiger partial charge < -0.3 is 10.7 Å². The molecular weight excluding hydrogens is 322 g/mol. The molecule has 1 aromatic heterocycles. The second-order valence-corrected chi connectivity index (χ2v) is 6.12. The highest BCUT2D eigenvalue weighted by atomic mass is 79.9. The molecular formula is C14H12BrN3S. The smallest absolute Gasteiger partial charge is 0.166 e. The summed E-state index contributed by atoms with van der Waals surface area (Å²) < 4.78 is 1.01. The number of imidazole rings is 1. The lowest BCUT2D eigenvalue weighted by Gasteiger charge is -2.02. The van der Waals surface area contributed by atoms with Crippen LogP contribution in [0.15, 0.2) is 52.1 Å². The molecule has 2 aromatic carbocycles. The minimum atomic E-state index is 0.773. The van der Waals surface area contributed by atoms with Gasteiger partial charge in [-0.3, -0.25) is 0 Å². The molecule has 1 heterocycles. The third kappa shape index (κ3) is 2.93. The number of aromatic amines is 1. The molecule has 96 valence electrons. The van der Waals surface area contributed by atoms with Crippen LogP contribution in [0.25, 0.3) is 11.0 Å². The van der Waals surface area contributed by atoms with Crippen molar-refractivity contribution in [2.75, 3.05) is 5.73 Å². The van der Waals surface area contributed by atoms with Gasteiger partial charge in [-0.05, 0) is 35.9 Å². The van der Waals surface area contributed by atoms with Crippen molar-refractivity contribution in [3.05, 3.63) is 52.5 Å². The second-order valence-electron chi connectivity index (χ2n) is 4.24. The summed E-state index contributed by atoms with van der Waals surface area (Å²) in [5, 5.41) is 0.930. The van der Waals surface area contributed by atoms with Crippen LogP contribution < -0.4 is 5.73 Å². The van der Waals surface area contributed by atoms with Gasteiger partial charge in [-0.2, -0.15) is 0 Å². The van der Waals surface area contributed by atoms with Crippen LogP contribution in [0, 0.1) is 0 Å². The van der Waals surface area contributed by atoms with Gasteiger partial charge in [-0.25, -0.2) is 4.98 Å². The van der Waals surface area contributed by atoms with Gasteiger partial charge in [-0.1, -0.05) is 39.8 Å². The molecule has 3 aromatic rings. The number of aromatic nitrogens is 2. The minimum Gasteiger partial charge on any atom is -0.399 e. The molecule has 0 atom stereocenters. The summed E-state index contributed by atoms with van der Waals surface area (Å²) in [6.45, 7) is 0. The van der Waals surface area contributed by atoms with Crippen LogP contribution in [-0.2, 0) is 5.75 Å². The number of H-pyrrole nitrogens is 1. The van der Waals surface area contributed by atoms with E-state index in [0.29, 0.717) is 0 Å². The lowest BCUT2D eigenvalue weighted by atomic mass is 10.2. The van der Waals surface area contributed by atoms with Crippen molar-refractivity contribution >= 4 is 44.4 Å². The van der Waals surface area contributed by atoms with Crippen molar-refractivity contribution in [1.82, 2.24) is 9.97 Å². The van der Waals surface area contributed by atoms with Crippen LogP contribution in [0.3, 0.4) is 0 Å². The number of thioether (sulfide) groups is 1. The van der Waals surface area contributed by atoms with E-state index in [4.69, 9.17) is 5.73 Å². The van der Waals surface area contributed by atoms with Gasteiger partial charge in [0.2, 0.25) is 0 Å². The van der Waals surface area contributed by atoms with Crippen LogP contribution in [0.1, 0.15) is 5.56 Å². The van der Waals surface area contributed by atoms with Gasteiger partial charge in [0.05, 0.1) is 11.0 Å². The van der Waals surface area contributed by atoms with E-state index in [1.165, 1.54) is 5.56 Å². The molecule has 0 saturated heterocycles. The molecule has 0 spiro atoms. The Hall–Kier alpha value is -1.46. The Morgan fingerprint density at radius 2 is 2.05 bits per heavy atom. The van der Waals surface area contributed by atoms with E-state index < -0.39 is 0 Å². The Labute approximate surface area is 123 Å². The van der Waals surface area contributed by atoms with Crippen molar-refractivity contribution in [3.8, 4) is 0 Å². The van der Waals surface area contributed by atoms with Crippen molar-refractivity contribution in [3.63, 3.8) is 0 Å². The topological polar surface area (TPSA) is 54.7 Å². The molecule has 0 amide bonds. The predicted octanol–water partition coefficient (Wildman–Crippen LogP) is 4.20. The zero-order valence-electron chi connectivity index (χ0n) is 10.1. The molecule has 5 heteroatoms. The Kier molecular flexibility index (Phi) is 3.48. The normalized spacial score (nSPS) is 11.0. The zero-order chi connectivity index (χ0) is 13.2. The van der Waals surface area contributed by atoms with Crippen LogP contribution in [-0.4, -0.2) is 9.97 Å². The summed E-state index contributed by atoms with van der Waals surface area (Å²) >= 11 is 5.13. The van der Waals surface area contributed by atoms with Gasteiger partial charge in [-0.15, -0.1) is 0 Å². The van der Waals surface area contributed by atoms with Crippen LogP contribution in [0.4, 0.5) is 5.69 Å². The van der Waals surface area contributed by atoms with E-state index in [9.17, 15) is 0 Å². The maximum Gasteiger partial charge on any atom is 0.166 e. The first-order valence-corrected chi connectivity index (χ1v) is 7.61. The van der Waals surface area contributed by atoms with Crippen LogP contribution in [0.2, 0.25) is 0 Å². The summed E-state index contributed by atoms with van der Waals surface area (Å²) in [6, 6.07) is 14.0. The fourth-order valence-corrected chi connectivity index (χ4v) is 3.28. The number of anilines is 1. The molecule has 0 aliphatic rings. The number of benzene rings is 2. The molecule has 19 heavy (non-hydrogen) atoms. The van der Waals surface area contributed by atoms with E-state index >= 15 is 0 Å². The number of hydrogen-bond acceptors (Lipinski definition) is 3. The Balaban J connectivity index is 1.78. The highest BCUT2D eigenvalue weighted by molar-refractivity contribution is 9.10. The number of fused-ring (bicyclic) bond motifs is 1. The van der Waals surface area contributed by atoms with Gasteiger partial charge in [0.25, 0.3) is 0 Å². The molecule has 0 radical (unpaired) electrons. The molecule has 3 nitrogen and oxygen atoms in total. The molecule has 0 fully saturated rings. The number of nitrogens with two attached hydrogens (primary N) is 1. The summed E-state index contributed by atoms with van der Waals surface area (Å²) in [5.41, 5.74) is 9.84. The number of para-hydroxylation sites is 2. The predicted molar refractivity (Wildman–Crippen MR) is 84.2 cm³/mol. The van der Waals surface area contributed by atoms with Crippen molar-refractivity contribution < 1.29 is 0 Å². The van der Waals surface area contributed by atoms with E-state index in [1.807, 2.05) is 36.4 Å². The van der Waals surface area contributed by atoms with Crippen molar-refractivity contribution in [2.24, 2.45) is 0 Å². The van der Waals surface area contributed by atoms with E-state index in [1.54, 1.807) is 11.8 Å². The first-order valence-electron chi connectivity index (χ1n) is 5.83. The van der Waals surface area contributed by atoms with Crippen LogP contribution >= 0.6 is 27.7 Å². The molecule has 0 aliphatic carbocycles. The first kappa shape index (κ1) is 12.6. The standard InChI is InChI=1S/C14H12BrN3S/c15-10-5-9(6-11(16)7-10)8-19-14-17-12-3-1-2-4-13(12)18-14/h1-7H,8,16H2,(H,17,18). The lowest BCUT2D eigenvalue weighted by Crippen LogP contribution is -1.88. The van der Waals surface area contributed by atoms with E-state index in [-0.39, 0.29) is 0 Å². The number of nitrogens with zero attached hydrogens (tertiary/aromatic N) is 1. The molecule has 3 rings (SSSR count). The van der Waals surface area contributed by atoms with Gasteiger partial charge in [0.15, 0.2) is 5.16 Å². The highest BCUT2D eigenvalue weighted by Crippen LogP contribution is 2.25. The first-order chi connectivity index (χ1) is 9.20. The molecule has 0 aliphatic heterocycles. The fourth-order valence-electron chi connectivity index (χ4n) is 1.91. The summed E-state index contributed by atoms with van der Waals surface area (Å²) in [6.07, 6.45) is 0. The number of hydrogen-bond donors (Lipinski definition) is 2. The van der Waals surface area contributed by atoms with Crippen molar-refractivity contribution in [1.29, 1.82) is 0 Å². The Morgan fingerprint density at radius 3 is 2.84 bits per heavy atom. The average molecular weight is 334 g/mol. The minimum absolute atomic E-state index is 0.773. The van der Waals surface area contributed by atoms with E-state index in [0.717, 1.165) is 32.1 Å². The highest BCUT2D eigenvalue weighted by Gasteiger charge is 2.04. The largest absolute Gasteiger partial charge is 0.399 e. The number of nitrogen functional groups attached to an aromatic ring is 1. The number of halogens is 1. The SMILES string of the molecule is Nc1cc(Br)cc(CSc2nc3ccccc3[nH]2)c1. The Morgan fingerprint density at radius 1 is 1.21 bits per heavy atom. The maximum absolute atomic E-state index is 5.83. The molecule has 0 saturated carbocycles. The summed E-state index contributed by atoms with van der Waals surface area (Å²) in [4.78, 5) is 7.84.